The van der Waals surface area contributed by atoms with E-state index in [9.17, 15) is 29.4 Å². The van der Waals surface area contributed by atoms with Crippen LogP contribution in [0.25, 0.3) is 0 Å². The molecule has 10 nitrogen and oxygen atoms in total. The minimum absolute atomic E-state index is 0. The standard InChI is InChI=1S/2C27H44O5.Ba/c2*1-23(31-22-25-17-13-12-14-18-25)21-26(32-24(2)28)19-15-10-8-6-4-3-5-7-9-11-16-20-27(29)30;/h2*12-14,17-18,23,26H,3-11,15-16,19-22H2,1-2H3,(H,29,30);/q;;+2/p-2. The number of carboxylic acids is 2. The molecule has 11 heteroatoms. The SMILES string of the molecule is CC(=O)OC(CCCCCCCCCCCCCC(=O)[O-])CC(C)OCc1ccccc1.CC(=O)OC(CCCCCCCCCCCCCC(=O)[O-])CC(C)OCc1ccccc1.[Ba+2]. The van der Waals surface area contributed by atoms with Crippen LogP contribution in [0.5, 0.6) is 0 Å². The smallest absolute Gasteiger partial charge is 0.550 e. The van der Waals surface area contributed by atoms with E-state index in [0.29, 0.717) is 13.2 Å². The molecule has 2 rings (SSSR count). The largest absolute Gasteiger partial charge is 2.00 e. The van der Waals surface area contributed by atoms with Crippen LogP contribution < -0.4 is 10.2 Å². The molecule has 0 spiro atoms. The Balaban J connectivity index is 0.00000124. The molecule has 0 aliphatic heterocycles. The molecule has 0 saturated heterocycles. The number of rotatable bonds is 40. The zero-order chi connectivity index (χ0) is 46.9. The Morgan fingerprint density at radius 3 is 0.954 bits per heavy atom. The van der Waals surface area contributed by atoms with Gasteiger partial charge in [-0.3, -0.25) is 9.59 Å². The second kappa shape index (κ2) is 44.3. The molecule has 0 fully saturated rings. The van der Waals surface area contributed by atoms with Gasteiger partial charge in [0.2, 0.25) is 0 Å². The molecule has 2 aromatic rings. The minimum Gasteiger partial charge on any atom is -0.550 e. The first-order chi connectivity index (χ1) is 30.9. The van der Waals surface area contributed by atoms with Gasteiger partial charge in [-0.05, 0) is 76.3 Å². The quantitative estimate of drug-likeness (QED) is 0.0358. The Morgan fingerprint density at radius 1 is 0.431 bits per heavy atom. The Labute approximate surface area is 434 Å². The third-order valence-electron chi connectivity index (χ3n) is 11.4. The van der Waals surface area contributed by atoms with Gasteiger partial charge in [-0.15, -0.1) is 0 Å². The molecule has 0 radical (unpaired) electrons. The minimum atomic E-state index is -0.935. The van der Waals surface area contributed by atoms with Gasteiger partial charge in [0.1, 0.15) is 12.2 Å². The molecule has 4 unspecified atom stereocenters. The molecule has 0 heterocycles. The van der Waals surface area contributed by atoms with Crippen molar-refractivity contribution in [2.45, 2.75) is 245 Å². The van der Waals surface area contributed by atoms with Crippen LogP contribution in [0.3, 0.4) is 0 Å². The number of carboxylic acid groups (broad SMARTS) is 2. The second-order valence-corrected chi connectivity index (χ2v) is 17.7. The summed E-state index contributed by atoms with van der Waals surface area (Å²) in [6.45, 7) is 8.20. The van der Waals surface area contributed by atoms with Gasteiger partial charge < -0.3 is 38.7 Å². The number of hydrogen-bond acceptors (Lipinski definition) is 10. The molecule has 0 N–H and O–H groups in total. The number of ether oxygens (including phenoxy) is 4. The van der Waals surface area contributed by atoms with E-state index < -0.39 is 11.9 Å². The van der Waals surface area contributed by atoms with E-state index in [1.807, 2.05) is 50.2 Å². The van der Waals surface area contributed by atoms with E-state index in [2.05, 4.69) is 24.3 Å². The predicted octanol–water partition coefficient (Wildman–Crippen LogP) is 11.1. The van der Waals surface area contributed by atoms with Crippen molar-refractivity contribution in [2.75, 3.05) is 0 Å². The van der Waals surface area contributed by atoms with Crippen LogP contribution in [0, 0.1) is 0 Å². The number of benzene rings is 2. The summed E-state index contributed by atoms with van der Waals surface area (Å²) in [4.78, 5) is 43.6. The number of unbranched alkanes of at least 4 members (excludes halogenated alkanes) is 20. The molecule has 0 amide bonds. The second-order valence-electron chi connectivity index (χ2n) is 17.7. The van der Waals surface area contributed by atoms with Gasteiger partial charge in [-0.1, -0.05) is 176 Å². The summed E-state index contributed by atoms with van der Waals surface area (Å²) in [5.41, 5.74) is 2.30. The Hall–Kier alpha value is -2.19. The monoisotopic (exact) mass is 1030 g/mol. The van der Waals surface area contributed by atoms with E-state index in [1.54, 1.807) is 0 Å². The molecule has 0 aliphatic rings. The van der Waals surface area contributed by atoms with E-state index >= 15 is 0 Å². The summed E-state index contributed by atoms with van der Waals surface area (Å²) < 4.78 is 22.9. The first-order valence-electron chi connectivity index (χ1n) is 25.0. The van der Waals surface area contributed by atoms with Crippen molar-refractivity contribution >= 4 is 72.8 Å². The van der Waals surface area contributed by atoms with Crippen molar-refractivity contribution in [3.8, 4) is 0 Å². The zero-order valence-electron chi connectivity index (χ0n) is 41.1. The van der Waals surface area contributed by atoms with Gasteiger partial charge >= 0.3 is 60.8 Å². The summed E-state index contributed by atoms with van der Waals surface area (Å²) in [6.07, 6.45) is 28.6. The number of aliphatic carboxylic acids is 2. The fourth-order valence-corrected chi connectivity index (χ4v) is 7.89. The third-order valence-corrected chi connectivity index (χ3v) is 11.4. The Kier molecular flexibility index (Phi) is 42.8. The van der Waals surface area contributed by atoms with Gasteiger partial charge in [-0.2, -0.15) is 0 Å². The molecule has 364 valence electrons. The fraction of sp³-hybridized carbons (Fsp3) is 0.704. The summed E-state index contributed by atoms with van der Waals surface area (Å²) >= 11 is 0. The first-order valence-corrected chi connectivity index (χ1v) is 25.0. The van der Waals surface area contributed by atoms with Crippen LogP contribution in [-0.4, -0.2) is 97.2 Å². The Morgan fingerprint density at radius 2 is 0.692 bits per heavy atom. The zero-order valence-corrected chi connectivity index (χ0v) is 45.5. The van der Waals surface area contributed by atoms with Crippen molar-refractivity contribution in [2.24, 2.45) is 0 Å². The summed E-state index contributed by atoms with van der Waals surface area (Å²) in [6, 6.07) is 20.2. The van der Waals surface area contributed by atoms with Crippen LogP contribution in [0.1, 0.15) is 219 Å². The molecule has 0 saturated carbocycles. The normalized spacial score (nSPS) is 12.7. The molecule has 0 bridgehead atoms. The number of carbonyl (C=O) groups is 4. The first kappa shape index (κ1) is 62.8. The summed E-state index contributed by atoms with van der Waals surface area (Å²) in [5.74, 6) is -2.31. The number of carbonyl (C=O) groups excluding carboxylic acids is 4. The molecular weight excluding hydrogens is 946 g/mol. The van der Waals surface area contributed by atoms with E-state index in [0.717, 1.165) is 88.2 Å². The Bertz CT molecular complexity index is 1320. The van der Waals surface area contributed by atoms with Crippen molar-refractivity contribution in [1.82, 2.24) is 0 Å². The summed E-state index contributed by atoms with van der Waals surface area (Å²) in [5, 5.41) is 20.7. The van der Waals surface area contributed by atoms with Gasteiger partial charge in [0, 0.05) is 38.6 Å². The van der Waals surface area contributed by atoms with Crippen LogP contribution in [0.15, 0.2) is 60.7 Å². The molecule has 4 atom stereocenters. The maximum Gasteiger partial charge on any atom is 2.00 e. The molecule has 0 aromatic heterocycles. The maximum atomic E-state index is 11.5. The van der Waals surface area contributed by atoms with E-state index in [4.69, 9.17) is 18.9 Å². The average Bonchev–Trinajstić information content (AvgIpc) is 3.25. The van der Waals surface area contributed by atoms with Gasteiger partial charge in [0.25, 0.3) is 0 Å². The van der Waals surface area contributed by atoms with E-state index in [-0.39, 0.29) is 98.1 Å². The average molecular weight is 1030 g/mol. The maximum absolute atomic E-state index is 11.5. The number of hydrogen-bond donors (Lipinski definition) is 0. The molecular formula is C54H86BaO10. The van der Waals surface area contributed by atoms with Gasteiger partial charge in [0.15, 0.2) is 0 Å². The van der Waals surface area contributed by atoms with Crippen molar-refractivity contribution in [3.05, 3.63) is 71.8 Å². The third kappa shape index (κ3) is 42.9. The number of esters is 2. The predicted molar refractivity (Wildman–Crippen MR) is 258 cm³/mol. The topological polar surface area (TPSA) is 151 Å². The molecule has 0 aliphatic carbocycles. The van der Waals surface area contributed by atoms with Crippen molar-refractivity contribution < 1.29 is 48.3 Å². The molecule has 2 aromatic carbocycles. The van der Waals surface area contributed by atoms with Crippen LogP contribution in [-0.2, 0) is 51.3 Å². The van der Waals surface area contributed by atoms with Crippen LogP contribution in [0.4, 0.5) is 0 Å². The van der Waals surface area contributed by atoms with Gasteiger partial charge in [-0.25, -0.2) is 0 Å². The summed E-state index contributed by atoms with van der Waals surface area (Å²) in [7, 11) is 0. The molecule has 65 heavy (non-hydrogen) atoms. The van der Waals surface area contributed by atoms with Crippen molar-refractivity contribution in [3.63, 3.8) is 0 Å². The van der Waals surface area contributed by atoms with Crippen molar-refractivity contribution in [1.29, 1.82) is 0 Å². The fourth-order valence-electron chi connectivity index (χ4n) is 7.89. The van der Waals surface area contributed by atoms with E-state index in [1.165, 1.54) is 104 Å². The van der Waals surface area contributed by atoms with Crippen LogP contribution >= 0.6 is 0 Å². The van der Waals surface area contributed by atoms with Gasteiger partial charge in [0.05, 0.1) is 25.4 Å². The van der Waals surface area contributed by atoms with Crippen LogP contribution in [0.2, 0.25) is 0 Å².